The average Bonchev–Trinajstić information content (AvgIpc) is 2.55. The fourth-order valence-corrected chi connectivity index (χ4v) is 3.16. The molecule has 0 aliphatic rings. The molecule has 0 bridgehead atoms. The van der Waals surface area contributed by atoms with Gasteiger partial charge in [0.2, 0.25) is 0 Å². The molecule has 3 N–H and O–H groups in total. The smallest absolute Gasteiger partial charge is 0.0838 e. The zero-order valence-electron chi connectivity index (χ0n) is 7.78. The Morgan fingerprint density at radius 1 is 1.50 bits per heavy atom. The molecule has 2 rings (SSSR count). The van der Waals surface area contributed by atoms with Crippen LogP contribution in [0, 0.1) is 0 Å². The Hall–Kier alpha value is -0.710. The van der Waals surface area contributed by atoms with Gasteiger partial charge in [-0.3, -0.25) is 0 Å². The summed E-state index contributed by atoms with van der Waals surface area (Å²) in [5, 5.41) is 10.1. The van der Waals surface area contributed by atoms with Crippen LogP contribution in [0.5, 0.6) is 0 Å². The van der Waals surface area contributed by atoms with Crippen molar-refractivity contribution in [1.29, 1.82) is 0 Å². The lowest BCUT2D eigenvalue weighted by atomic mass is 10.1. The third-order valence-electron chi connectivity index (χ3n) is 2.12. The molecule has 0 unspecified atom stereocenters. The first-order chi connectivity index (χ1) is 6.76. The summed E-state index contributed by atoms with van der Waals surface area (Å²) in [6.07, 6.45) is 2.02. The summed E-state index contributed by atoms with van der Waals surface area (Å²) in [5.74, 6) is 0. The van der Waals surface area contributed by atoms with Gasteiger partial charge in [-0.1, -0.05) is 6.07 Å². The molecule has 2 aromatic rings. The maximum Gasteiger partial charge on any atom is 0.0838 e. The van der Waals surface area contributed by atoms with Gasteiger partial charge in [0.15, 0.2) is 0 Å². The van der Waals surface area contributed by atoms with Crippen LogP contribution in [0.15, 0.2) is 22.4 Å². The van der Waals surface area contributed by atoms with Gasteiger partial charge < -0.3 is 10.8 Å². The predicted molar refractivity (Wildman–Crippen MR) is 63.9 cm³/mol. The molecule has 0 fully saturated rings. The van der Waals surface area contributed by atoms with E-state index in [1.165, 1.54) is 4.70 Å². The Kier molecular flexibility index (Phi) is 2.67. The van der Waals surface area contributed by atoms with E-state index in [1.54, 1.807) is 23.1 Å². The highest BCUT2D eigenvalue weighted by Gasteiger charge is 2.08. The van der Waals surface area contributed by atoms with Crippen LogP contribution in [-0.2, 0) is 6.61 Å². The summed E-state index contributed by atoms with van der Waals surface area (Å²) in [6, 6.07) is 5.91. The van der Waals surface area contributed by atoms with Crippen molar-refractivity contribution in [1.82, 2.24) is 0 Å². The van der Waals surface area contributed by atoms with E-state index >= 15 is 0 Å². The monoisotopic (exact) mass is 225 g/mol. The zero-order chi connectivity index (χ0) is 10.1. The molecule has 0 spiro atoms. The number of hydrogen-bond acceptors (Lipinski definition) is 4. The highest BCUT2D eigenvalue weighted by Crippen LogP contribution is 2.39. The number of anilines is 1. The van der Waals surface area contributed by atoms with E-state index < -0.39 is 0 Å². The number of benzene rings is 1. The van der Waals surface area contributed by atoms with Gasteiger partial charge in [-0.05, 0) is 24.0 Å². The van der Waals surface area contributed by atoms with Gasteiger partial charge in [0.05, 0.1) is 16.5 Å². The number of nitrogens with two attached hydrogens (primary N) is 1. The lowest BCUT2D eigenvalue weighted by Gasteiger charge is -1.96. The largest absolute Gasteiger partial charge is 0.397 e. The molecule has 0 atom stereocenters. The maximum absolute atomic E-state index is 9.01. The molecule has 0 saturated heterocycles. The van der Waals surface area contributed by atoms with Crippen molar-refractivity contribution >= 4 is 38.9 Å². The van der Waals surface area contributed by atoms with Crippen molar-refractivity contribution in [3.8, 4) is 0 Å². The van der Waals surface area contributed by atoms with Crippen molar-refractivity contribution in [2.24, 2.45) is 0 Å². The normalized spacial score (nSPS) is 11.0. The summed E-state index contributed by atoms with van der Waals surface area (Å²) in [4.78, 5) is 0. The molecule has 0 saturated carbocycles. The van der Waals surface area contributed by atoms with Crippen molar-refractivity contribution in [2.45, 2.75) is 10.8 Å². The molecule has 74 valence electrons. The summed E-state index contributed by atoms with van der Waals surface area (Å²) in [7, 11) is 0. The third-order valence-corrected chi connectivity index (χ3v) is 4.45. The summed E-state index contributed by atoms with van der Waals surface area (Å²) in [5.41, 5.74) is 7.73. The topological polar surface area (TPSA) is 46.2 Å². The summed E-state index contributed by atoms with van der Waals surface area (Å²) in [6.45, 7) is 0.0693. The second kappa shape index (κ2) is 3.81. The van der Waals surface area contributed by atoms with Gasteiger partial charge in [0, 0.05) is 10.1 Å². The lowest BCUT2D eigenvalue weighted by Crippen LogP contribution is -1.85. The number of hydrogen-bond donors (Lipinski definition) is 2. The van der Waals surface area contributed by atoms with E-state index in [0.717, 1.165) is 20.8 Å². The fraction of sp³-hybridized carbons (Fsp3) is 0.200. The highest BCUT2D eigenvalue weighted by molar-refractivity contribution is 8.00. The van der Waals surface area contributed by atoms with E-state index in [4.69, 9.17) is 10.8 Å². The molecular weight excluding hydrogens is 214 g/mol. The van der Waals surface area contributed by atoms with E-state index in [1.807, 2.05) is 24.5 Å². The van der Waals surface area contributed by atoms with E-state index in [9.17, 15) is 0 Å². The lowest BCUT2D eigenvalue weighted by molar-refractivity contribution is 0.282. The van der Waals surface area contributed by atoms with Gasteiger partial charge >= 0.3 is 0 Å². The molecule has 1 aromatic heterocycles. The first kappa shape index (κ1) is 9.83. The molecule has 1 aromatic carbocycles. The highest BCUT2D eigenvalue weighted by atomic mass is 32.2. The molecule has 0 aliphatic carbocycles. The third kappa shape index (κ3) is 1.49. The van der Waals surface area contributed by atoms with E-state index in [2.05, 4.69) is 0 Å². The molecule has 4 heteroatoms. The summed E-state index contributed by atoms with van der Waals surface area (Å²) >= 11 is 3.37. The number of thioether (sulfide) groups is 1. The minimum atomic E-state index is 0.0693. The molecule has 1 heterocycles. The number of nitrogen functional groups attached to an aromatic ring is 1. The minimum absolute atomic E-state index is 0.0693. The fourth-order valence-electron chi connectivity index (χ4n) is 1.39. The standard InChI is InChI=1S/C10H11NOS2/c1-13-10-9(11)7-4-6(5-12)2-3-8(7)14-10/h2-4,12H,5,11H2,1H3. The number of rotatable bonds is 2. The van der Waals surface area contributed by atoms with Crippen LogP contribution in [0.1, 0.15) is 5.56 Å². The minimum Gasteiger partial charge on any atom is -0.397 e. The van der Waals surface area contributed by atoms with Gasteiger partial charge in [0.1, 0.15) is 0 Å². The van der Waals surface area contributed by atoms with Crippen molar-refractivity contribution in [3.05, 3.63) is 23.8 Å². The van der Waals surface area contributed by atoms with Crippen LogP contribution in [0.25, 0.3) is 10.1 Å². The number of fused-ring (bicyclic) bond motifs is 1. The number of aliphatic hydroxyl groups is 1. The van der Waals surface area contributed by atoms with Crippen LogP contribution in [0.3, 0.4) is 0 Å². The molecule has 0 radical (unpaired) electrons. The molecular formula is C10H11NOS2. The van der Waals surface area contributed by atoms with Crippen LogP contribution in [0.4, 0.5) is 5.69 Å². The van der Waals surface area contributed by atoms with E-state index in [-0.39, 0.29) is 6.61 Å². The second-order valence-electron chi connectivity index (χ2n) is 3.00. The van der Waals surface area contributed by atoms with Gasteiger partial charge in [-0.25, -0.2) is 0 Å². The second-order valence-corrected chi connectivity index (χ2v) is 5.12. The SMILES string of the molecule is CSc1sc2ccc(CO)cc2c1N. The van der Waals surface area contributed by atoms with E-state index in [0.29, 0.717) is 0 Å². The van der Waals surface area contributed by atoms with Crippen LogP contribution >= 0.6 is 23.1 Å². The Morgan fingerprint density at radius 3 is 2.93 bits per heavy atom. The quantitative estimate of drug-likeness (QED) is 0.772. The molecule has 14 heavy (non-hydrogen) atoms. The Labute approximate surface area is 90.7 Å². The first-order valence-corrected chi connectivity index (χ1v) is 6.26. The summed E-state index contributed by atoms with van der Waals surface area (Å²) < 4.78 is 2.33. The predicted octanol–water partition coefficient (Wildman–Crippen LogP) is 2.70. The van der Waals surface area contributed by atoms with Crippen molar-refractivity contribution in [2.75, 3.05) is 12.0 Å². The Balaban J connectivity index is 2.68. The van der Waals surface area contributed by atoms with Crippen LogP contribution in [-0.4, -0.2) is 11.4 Å². The first-order valence-electron chi connectivity index (χ1n) is 4.22. The molecule has 0 aliphatic heterocycles. The Bertz CT molecular complexity index is 464. The van der Waals surface area contributed by atoms with Gasteiger partial charge in [0.25, 0.3) is 0 Å². The maximum atomic E-state index is 9.01. The van der Waals surface area contributed by atoms with Crippen LogP contribution < -0.4 is 5.73 Å². The average molecular weight is 225 g/mol. The van der Waals surface area contributed by atoms with Crippen molar-refractivity contribution < 1.29 is 5.11 Å². The van der Waals surface area contributed by atoms with Gasteiger partial charge in [-0.2, -0.15) is 0 Å². The zero-order valence-corrected chi connectivity index (χ0v) is 9.41. The van der Waals surface area contributed by atoms with Crippen LogP contribution in [0.2, 0.25) is 0 Å². The van der Waals surface area contributed by atoms with Crippen molar-refractivity contribution in [3.63, 3.8) is 0 Å². The number of aliphatic hydroxyl groups excluding tert-OH is 1. The Morgan fingerprint density at radius 2 is 2.29 bits per heavy atom. The van der Waals surface area contributed by atoms with Gasteiger partial charge in [-0.15, -0.1) is 23.1 Å². The molecule has 2 nitrogen and oxygen atoms in total. The number of thiophene rings is 1. The molecule has 0 amide bonds.